The number of ether oxygens (including phenoxy) is 3. The van der Waals surface area contributed by atoms with Gasteiger partial charge in [-0.05, 0) is 37.0 Å². The third-order valence-corrected chi connectivity index (χ3v) is 4.86. The van der Waals surface area contributed by atoms with Crippen LogP contribution in [0.15, 0.2) is 29.3 Å². The predicted octanol–water partition coefficient (Wildman–Crippen LogP) is 4.12. The van der Waals surface area contributed by atoms with Crippen LogP contribution < -0.4 is 15.4 Å². The molecule has 7 heteroatoms. The highest BCUT2D eigenvalue weighted by molar-refractivity contribution is 14.0. The molecule has 2 rings (SSSR count). The quantitative estimate of drug-likeness (QED) is 0.188. The molecule has 0 aromatic heterocycles. The minimum atomic E-state index is 0. The fraction of sp³-hybridized carbons (Fsp3) is 0.682. The van der Waals surface area contributed by atoms with Crippen molar-refractivity contribution in [3.63, 3.8) is 0 Å². The summed E-state index contributed by atoms with van der Waals surface area (Å²) >= 11 is 0. The van der Waals surface area contributed by atoms with E-state index in [4.69, 9.17) is 14.2 Å². The van der Waals surface area contributed by atoms with E-state index in [2.05, 4.69) is 27.8 Å². The van der Waals surface area contributed by atoms with Crippen LogP contribution in [0.2, 0.25) is 0 Å². The molecular formula is C22H38IN3O3. The van der Waals surface area contributed by atoms with Crippen LogP contribution in [0.25, 0.3) is 0 Å². The van der Waals surface area contributed by atoms with E-state index in [1.807, 2.05) is 12.1 Å². The first kappa shape index (κ1) is 26.0. The van der Waals surface area contributed by atoms with Crippen LogP contribution in [0.5, 0.6) is 5.75 Å². The number of guanidine groups is 1. The van der Waals surface area contributed by atoms with Crippen LogP contribution in [0, 0.1) is 0 Å². The van der Waals surface area contributed by atoms with Gasteiger partial charge in [-0.25, -0.2) is 0 Å². The summed E-state index contributed by atoms with van der Waals surface area (Å²) in [7, 11) is 3.50. The molecule has 1 aliphatic rings. The maximum Gasteiger partial charge on any atom is 0.191 e. The third-order valence-electron chi connectivity index (χ3n) is 4.86. The molecule has 1 aromatic carbocycles. The Bertz CT molecular complexity index is 566. The molecule has 0 spiro atoms. The van der Waals surface area contributed by atoms with Gasteiger partial charge in [-0.3, -0.25) is 4.99 Å². The van der Waals surface area contributed by atoms with Gasteiger partial charge in [-0.1, -0.05) is 31.4 Å². The molecule has 0 heterocycles. The Balaban J connectivity index is 0.00000420. The van der Waals surface area contributed by atoms with Crippen LogP contribution in [0.1, 0.15) is 50.5 Å². The number of hydrogen-bond donors (Lipinski definition) is 2. The van der Waals surface area contributed by atoms with E-state index in [-0.39, 0.29) is 24.0 Å². The number of halogens is 1. The second kappa shape index (κ2) is 16.7. The largest absolute Gasteiger partial charge is 0.493 e. The van der Waals surface area contributed by atoms with E-state index in [1.54, 1.807) is 14.2 Å². The Morgan fingerprint density at radius 3 is 2.66 bits per heavy atom. The van der Waals surface area contributed by atoms with Crippen LogP contribution in [-0.4, -0.2) is 52.6 Å². The summed E-state index contributed by atoms with van der Waals surface area (Å²) in [5.74, 6) is 1.70. The van der Waals surface area contributed by atoms with Crippen molar-refractivity contribution in [2.45, 2.75) is 57.6 Å². The van der Waals surface area contributed by atoms with E-state index >= 15 is 0 Å². The zero-order chi connectivity index (χ0) is 19.9. The average Bonchev–Trinajstić information content (AvgIpc) is 2.74. The summed E-state index contributed by atoms with van der Waals surface area (Å²) in [6, 6.07) is 8.14. The van der Waals surface area contributed by atoms with Gasteiger partial charge >= 0.3 is 0 Å². The van der Waals surface area contributed by atoms with Gasteiger partial charge in [-0.15, -0.1) is 24.0 Å². The van der Waals surface area contributed by atoms with Crippen LogP contribution in [0.4, 0.5) is 0 Å². The molecule has 6 nitrogen and oxygen atoms in total. The second-order valence-electron chi connectivity index (χ2n) is 7.18. The molecule has 0 aliphatic heterocycles. The molecule has 29 heavy (non-hydrogen) atoms. The van der Waals surface area contributed by atoms with Gasteiger partial charge in [-0.2, -0.15) is 0 Å². The van der Waals surface area contributed by atoms with E-state index < -0.39 is 0 Å². The lowest BCUT2D eigenvalue weighted by atomic mass is 9.98. The van der Waals surface area contributed by atoms with E-state index in [1.165, 1.54) is 32.1 Å². The first-order chi connectivity index (χ1) is 13.8. The number of aliphatic imine (C=N–C) groups is 1. The molecule has 166 valence electrons. The zero-order valence-electron chi connectivity index (χ0n) is 18.0. The number of nitrogens with zero attached hydrogens (tertiary/aromatic N) is 1. The SMILES string of the molecule is CN=C(NCCCOC1CCCCC1)NCc1cccc(OCCCOC)c1.I. The third kappa shape index (κ3) is 11.6. The highest BCUT2D eigenvalue weighted by Gasteiger charge is 2.12. The Kier molecular flexibility index (Phi) is 15.0. The molecule has 0 amide bonds. The maximum absolute atomic E-state index is 5.97. The van der Waals surface area contributed by atoms with Crippen LogP contribution in [0.3, 0.4) is 0 Å². The lowest BCUT2D eigenvalue weighted by Crippen LogP contribution is -2.37. The fourth-order valence-electron chi connectivity index (χ4n) is 3.31. The summed E-state index contributed by atoms with van der Waals surface area (Å²) in [4.78, 5) is 4.29. The van der Waals surface area contributed by atoms with Crippen molar-refractivity contribution in [2.24, 2.45) is 4.99 Å². The first-order valence-corrected chi connectivity index (χ1v) is 10.6. The first-order valence-electron chi connectivity index (χ1n) is 10.6. The molecule has 0 unspecified atom stereocenters. The van der Waals surface area contributed by atoms with Gasteiger partial charge in [0, 0.05) is 46.9 Å². The standard InChI is InChI=1S/C22H37N3O3.HI/c1-23-22(24-13-7-15-27-20-10-4-3-5-11-20)25-18-19-9-6-12-21(17-19)28-16-8-14-26-2;/h6,9,12,17,20H,3-5,7-8,10-11,13-16,18H2,1-2H3,(H2,23,24,25);1H. The van der Waals surface area contributed by atoms with Gasteiger partial charge in [0.1, 0.15) is 5.75 Å². The molecule has 1 saturated carbocycles. The van der Waals surface area contributed by atoms with E-state index in [0.717, 1.165) is 49.9 Å². The molecule has 1 aromatic rings. The molecule has 0 atom stereocenters. The van der Waals surface area contributed by atoms with Crippen molar-refractivity contribution in [3.05, 3.63) is 29.8 Å². The molecule has 1 fully saturated rings. The van der Waals surface area contributed by atoms with Gasteiger partial charge in [0.05, 0.1) is 12.7 Å². The molecule has 1 aliphatic carbocycles. The van der Waals surface area contributed by atoms with Crippen LogP contribution in [-0.2, 0) is 16.0 Å². The molecule has 2 N–H and O–H groups in total. The normalized spacial score (nSPS) is 14.9. The van der Waals surface area contributed by atoms with Crippen molar-refractivity contribution in [2.75, 3.05) is 40.5 Å². The summed E-state index contributed by atoms with van der Waals surface area (Å²) in [6.07, 6.45) is 8.82. The van der Waals surface area contributed by atoms with Crippen molar-refractivity contribution < 1.29 is 14.2 Å². The van der Waals surface area contributed by atoms with Gasteiger partial charge in [0.25, 0.3) is 0 Å². The van der Waals surface area contributed by atoms with Gasteiger partial charge in [0.15, 0.2) is 5.96 Å². The monoisotopic (exact) mass is 519 g/mol. The van der Waals surface area contributed by atoms with Crippen LogP contribution >= 0.6 is 24.0 Å². The van der Waals surface area contributed by atoms with Crippen molar-refractivity contribution >= 4 is 29.9 Å². The lowest BCUT2D eigenvalue weighted by molar-refractivity contribution is 0.0277. The Morgan fingerprint density at radius 1 is 1.07 bits per heavy atom. The number of hydrogen-bond acceptors (Lipinski definition) is 4. The molecule has 0 radical (unpaired) electrons. The Hall–Kier alpha value is -1.06. The topological polar surface area (TPSA) is 64.1 Å². The van der Waals surface area contributed by atoms with E-state index in [9.17, 15) is 0 Å². The van der Waals surface area contributed by atoms with E-state index in [0.29, 0.717) is 19.3 Å². The van der Waals surface area contributed by atoms with Crippen molar-refractivity contribution in [1.29, 1.82) is 0 Å². The second-order valence-corrected chi connectivity index (χ2v) is 7.18. The van der Waals surface area contributed by atoms with Crippen molar-refractivity contribution in [3.8, 4) is 5.75 Å². The Labute approximate surface area is 193 Å². The zero-order valence-corrected chi connectivity index (χ0v) is 20.3. The fourth-order valence-corrected chi connectivity index (χ4v) is 3.31. The van der Waals surface area contributed by atoms with Crippen molar-refractivity contribution in [1.82, 2.24) is 10.6 Å². The summed E-state index contributed by atoms with van der Waals surface area (Å²) < 4.78 is 16.8. The van der Waals surface area contributed by atoms with Gasteiger partial charge < -0.3 is 24.8 Å². The highest BCUT2D eigenvalue weighted by atomic mass is 127. The molecular weight excluding hydrogens is 481 g/mol. The van der Waals surface area contributed by atoms with Gasteiger partial charge in [0.2, 0.25) is 0 Å². The smallest absolute Gasteiger partial charge is 0.191 e. The number of methoxy groups -OCH3 is 1. The number of rotatable bonds is 12. The summed E-state index contributed by atoms with van der Waals surface area (Å²) in [6.45, 7) is 3.76. The Morgan fingerprint density at radius 2 is 1.90 bits per heavy atom. The average molecular weight is 519 g/mol. The number of benzene rings is 1. The molecule has 0 saturated heterocycles. The predicted molar refractivity (Wildman–Crippen MR) is 129 cm³/mol. The summed E-state index contributed by atoms with van der Waals surface area (Å²) in [5.41, 5.74) is 1.16. The lowest BCUT2D eigenvalue weighted by Gasteiger charge is -2.22. The number of nitrogens with one attached hydrogen (secondary N) is 2. The highest BCUT2D eigenvalue weighted by Crippen LogP contribution is 2.20. The maximum atomic E-state index is 5.97. The minimum absolute atomic E-state index is 0. The molecule has 0 bridgehead atoms. The summed E-state index contributed by atoms with van der Waals surface area (Å²) in [5, 5.41) is 6.71. The minimum Gasteiger partial charge on any atom is -0.493 e.